The summed E-state index contributed by atoms with van der Waals surface area (Å²) < 4.78 is 9.08. The molecule has 0 atom stereocenters. The fourth-order valence-electron chi connectivity index (χ4n) is 3.23. The van der Waals surface area contributed by atoms with Gasteiger partial charge in [0.15, 0.2) is 18.2 Å². The molecule has 0 saturated carbocycles. The zero-order valence-corrected chi connectivity index (χ0v) is 18.0. The average Bonchev–Trinajstić information content (AvgIpc) is 3.35. The van der Waals surface area contributed by atoms with Crippen molar-refractivity contribution < 1.29 is 9.53 Å². The third-order valence-electron chi connectivity index (χ3n) is 4.55. The van der Waals surface area contributed by atoms with Crippen molar-refractivity contribution in [3.05, 3.63) is 94.4 Å². The lowest BCUT2D eigenvalue weighted by Gasteiger charge is -2.08. The number of carbonyl (C=O) groups excluding carboxylic acids is 1. The SMILES string of the molecule is Cc1cc(C)cc(OCn2ccc(C(=O)Nc3ccn(Cc4cccc(Cl)c4)n3)n2)c1. The first-order valence-corrected chi connectivity index (χ1v) is 10.2. The van der Waals surface area contributed by atoms with Crippen LogP contribution in [0.5, 0.6) is 5.75 Å². The zero-order chi connectivity index (χ0) is 21.8. The highest BCUT2D eigenvalue weighted by Gasteiger charge is 2.12. The Morgan fingerprint density at radius 1 is 1.00 bits per heavy atom. The summed E-state index contributed by atoms with van der Waals surface area (Å²) in [7, 11) is 0. The van der Waals surface area contributed by atoms with E-state index in [0.717, 1.165) is 22.4 Å². The lowest BCUT2D eigenvalue weighted by atomic mass is 10.1. The van der Waals surface area contributed by atoms with Crippen LogP contribution in [0.4, 0.5) is 5.82 Å². The summed E-state index contributed by atoms with van der Waals surface area (Å²) >= 11 is 6.02. The lowest BCUT2D eigenvalue weighted by Crippen LogP contribution is -2.15. The maximum absolute atomic E-state index is 12.5. The van der Waals surface area contributed by atoms with Crippen LogP contribution >= 0.6 is 11.6 Å². The number of rotatable bonds is 7. The summed E-state index contributed by atoms with van der Waals surface area (Å²) in [6, 6.07) is 17.0. The Morgan fingerprint density at radius 2 is 1.77 bits per heavy atom. The van der Waals surface area contributed by atoms with Crippen molar-refractivity contribution in [2.75, 3.05) is 5.32 Å². The number of anilines is 1. The van der Waals surface area contributed by atoms with Crippen LogP contribution < -0.4 is 10.1 Å². The summed E-state index contributed by atoms with van der Waals surface area (Å²) in [5.41, 5.74) is 3.57. The number of hydrogen-bond acceptors (Lipinski definition) is 4. The standard InChI is InChI=1S/C23H22ClN5O2/c1-16-10-17(2)12-20(11-16)31-15-29-8-6-21(26-29)23(30)25-22-7-9-28(27-22)14-18-4-3-5-19(24)13-18/h3-13H,14-15H2,1-2H3,(H,25,27,30). The topological polar surface area (TPSA) is 74.0 Å². The highest BCUT2D eigenvalue weighted by Crippen LogP contribution is 2.17. The maximum Gasteiger partial charge on any atom is 0.277 e. The van der Waals surface area contributed by atoms with Crippen molar-refractivity contribution in [2.24, 2.45) is 0 Å². The molecule has 0 radical (unpaired) electrons. The number of benzene rings is 2. The third-order valence-corrected chi connectivity index (χ3v) is 4.78. The molecule has 2 aromatic heterocycles. The molecule has 31 heavy (non-hydrogen) atoms. The van der Waals surface area contributed by atoms with Crippen molar-refractivity contribution in [1.29, 1.82) is 0 Å². The van der Waals surface area contributed by atoms with Gasteiger partial charge in [-0.2, -0.15) is 10.2 Å². The van der Waals surface area contributed by atoms with Crippen molar-refractivity contribution in [3.8, 4) is 5.75 Å². The number of amides is 1. The van der Waals surface area contributed by atoms with Gasteiger partial charge in [-0.05, 0) is 60.9 Å². The van der Waals surface area contributed by atoms with Gasteiger partial charge < -0.3 is 10.1 Å². The van der Waals surface area contributed by atoms with Crippen LogP contribution in [0.1, 0.15) is 27.2 Å². The molecule has 2 aromatic carbocycles. The Morgan fingerprint density at radius 3 is 2.55 bits per heavy atom. The zero-order valence-electron chi connectivity index (χ0n) is 17.2. The summed E-state index contributed by atoms with van der Waals surface area (Å²) in [6.45, 7) is 4.81. The van der Waals surface area contributed by atoms with Gasteiger partial charge in [0.1, 0.15) is 5.75 Å². The molecule has 0 unspecified atom stereocenters. The summed E-state index contributed by atoms with van der Waals surface area (Å²) in [6.07, 6.45) is 3.50. The fourth-order valence-corrected chi connectivity index (χ4v) is 3.44. The van der Waals surface area contributed by atoms with E-state index in [2.05, 4.69) is 21.6 Å². The van der Waals surface area contributed by atoms with Gasteiger partial charge in [0, 0.05) is 23.5 Å². The predicted octanol–water partition coefficient (Wildman–Crippen LogP) is 4.69. The van der Waals surface area contributed by atoms with Crippen LogP contribution in [-0.4, -0.2) is 25.5 Å². The van der Waals surface area contributed by atoms with E-state index in [0.29, 0.717) is 17.4 Å². The Hall–Kier alpha value is -3.58. The van der Waals surface area contributed by atoms with Crippen LogP contribution in [0.2, 0.25) is 5.02 Å². The highest BCUT2D eigenvalue weighted by atomic mass is 35.5. The first kappa shape index (κ1) is 20.7. The molecule has 7 nitrogen and oxygen atoms in total. The van der Waals surface area contributed by atoms with E-state index in [-0.39, 0.29) is 18.3 Å². The van der Waals surface area contributed by atoms with Gasteiger partial charge in [0.25, 0.3) is 5.91 Å². The smallest absolute Gasteiger partial charge is 0.277 e. The van der Waals surface area contributed by atoms with Crippen molar-refractivity contribution in [1.82, 2.24) is 19.6 Å². The third kappa shape index (κ3) is 5.52. The molecule has 0 aliphatic carbocycles. The van der Waals surface area contributed by atoms with Crippen molar-refractivity contribution >= 4 is 23.3 Å². The van der Waals surface area contributed by atoms with E-state index in [4.69, 9.17) is 16.3 Å². The molecular weight excluding hydrogens is 414 g/mol. The molecule has 0 spiro atoms. The van der Waals surface area contributed by atoms with Gasteiger partial charge >= 0.3 is 0 Å². The quantitative estimate of drug-likeness (QED) is 0.457. The van der Waals surface area contributed by atoms with E-state index in [1.807, 2.05) is 50.2 Å². The number of ether oxygens (including phenoxy) is 1. The largest absolute Gasteiger partial charge is 0.471 e. The Labute approximate surface area is 185 Å². The van der Waals surface area contributed by atoms with Gasteiger partial charge in [0.05, 0.1) is 6.54 Å². The Kier molecular flexibility index (Phi) is 6.04. The van der Waals surface area contributed by atoms with Gasteiger partial charge in [-0.25, -0.2) is 4.68 Å². The first-order valence-electron chi connectivity index (χ1n) is 9.78. The highest BCUT2D eigenvalue weighted by molar-refractivity contribution is 6.30. The monoisotopic (exact) mass is 435 g/mol. The molecule has 1 N–H and O–H groups in total. The molecule has 0 bridgehead atoms. The minimum atomic E-state index is -0.335. The fraction of sp³-hybridized carbons (Fsp3) is 0.174. The predicted molar refractivity (Wildman–Crippen MR) is 120 cm³/mol. The average molecular weight is 436 g/mol. The number of nitrogens with zero attached hydrogens (tertiary/aromatic N) is 4. The molecule has 0 aliphatic rings. The second-order valence-corrected chi connectivity index (χ2v) is 7.76. The molecule has 8 heteroatoms. The second-order valence-electron chi connectivity index (χ2n) is 7.32. The van der Waals surface area contributed by atoms with E-state index in [1.165, 1.54) is 0 Å². The van der Waals surface area contributed by atoms with Crippen LogP contribution in [-0.2, 0) is 13.3 Å². The van der Waals surface area contributed by atoms with Gasteiger partial charge in [-0.15, -0.1) is 0 Å². The van der Waals surface area contributed by atoms with Gasteiger partial charge in [-0.3, -0.25) is 9.48 Å². The normalized spacial score (nSPS) is 10.8. The second kappa shape index (κ2) is 9.06. The van der Waals surface area contributed by atoms with Crippen LogP contribution in [0.15, 0.2) is 67.0 Å². The van der Waals surface area contributed by atoms with Crippen LogP contribution in [0, 0.1) is 13.8 Å². The molecule has 0 aliphatic heterocycles. The number of carbonyl (C=O) groups is 1. The number of aromatic nitrogens is 4. The van der Waals surface area contributed by atoms with Crippen molar-refractivity contribution in [3.63, 3.8) is 0 Å². The molecule has 4 rings (SSSR count). The Bertz CT molecular complexity index is 1190. The lowest BCUT2D eigenvalue weighted by molar-refractivity contribution is 0.101. The first-order chi connectivity index (χ1) is 14.9. The minimum absolute atomic E-state index is 0.213. The van der Waals surface area contributed by atoms with Crippen LogP contribution in [0.3, 0.4) is 0 Å². The van der Waals surface area contributed by atoms with E-state index in [1.54, 1.807) is 33.9 Å². The molecule has 158 valence electrons. The minimum Gasteiger partial charge on any atom is -0.471 e. The number of hydrogen-bond donors (Lipinski definition) is 1. The summed E-state index contributed by atoms with van der Waals surface area (Å²) in [5.74, 6) is 0.885. The number of nitrogens with one attached hydrogen (secondary N) is 1. The van der Waals surface area contributed by atoms with Crippen molar-refractivity contribution in [2.45, 2.75) is 27.1 Å². The molecule has 0 fully saturated rings. The number of aryl methyl sites for hydroxylation is 2. The van der Waals surface area contributed by atoms with Crippen LogP contribution in [0.25, 0.3) is 0 Å². The molecular formula is C23H22ClN5O2. The molecule has 4 aromatic rings. The summed E-state index contributed by atoms with van der Waals surface area (Å²) in [4.78, 5) is 12.5. The van der Waals surface area contributed by atoms with E-state index < -0.39 is 0 Å². The maximum atomic E-state index is 12.5. The number of halogens is 1. The molecule has 2 heterocycles. The molecule has 1 amide bonds. The molecule has 0 saturated heterocycles. The van der Waals surface area contributed by atoms with Gasteiger partial charge in [-0.1, -0.05) is 29.8 Å². The summed E-state index contributed by atoms with van der Waals surface area (Å²) in [5, 5.41) is 12.1. The Balaban J connectivity index is 1.34. The van der Waals surface area contributed by atoms with Gasteiger partial charge in [0.2, 0.25) is 0 Å². The van der Waals surface area contributed by atoms with E-state index in [9.17, 15) is 4.79 Å². The van der Waals surface area contributed by atoms with E-state index >= 15 is 0 Å².